The number of fused-ring (bicyclic) bond motifs is 1. The molecule has 2 heterocycles. The molecule has 2 aromatic carbocycles. The summed E-state index contributed by atoms with van der Waals surface area (Å²) in [6.07, 6.45) is 0. The Morgan fingerprint density at radius 3 is 2.47 bits per heavy atom. The van der Waals surface area contributed by atoms with E-state index in [0.717, 1.165) is 6.07 Å². The lowest BCUT2D eigenvalue weighted by molar-refractivity contribution is 0.0685. The zero-order chi connectivity index (χ0) is 24.8. The molecule has 14 nitrogen and oxygen atoms in total. The van der Waals surface area contributed by atoms with Crippen molar-refractivity contribution in [2.24, 2.45) is 10.9 Å². The van der Waals surface area contributed by atoms with E-state index in [9.17, 15) is 26.7 Å². The molecule has 0 amide bonds. The van der Waals surface area contributed by atoms with E-state index in [-0.39, 0.29) is 33.9 Å². The van der Waals surface area contributed by atoms with Crippen LogP contribution >= 0.6 is 0 Å². The van der Waals surface area contributed by atoms with Crippen LogP contribution in [0.4, 0.5) is 0 Å². The summed E-state index contributed by atoms with van der Waals surface area (Å²) in [5.74, 6) is -2.44. The number of aromatic amines is 2. The van der Waals surface area contributed by atoms with E-state index in [0.29, 0.717) is 5.52 Å². The van der Waals surface area contributed by atoms with Crippen LogP contribution in [-0.2, 0) is 19.9 Å². The Morgan fingerprint density at radius 2 is 1.88 bits per heavy atom. The van der Waals surface area contributed by atoms with Gasteiger partial charge in [-0.2, -0.15) is 5.21 Å². The molecule has 34 heavy (non-hydrogen) atoms. The Labute approximate surface area is 192 Å². The highest BCUT2D eigenvalue weighted by Gasteiger charge is 2.33. The number of rotatable bonds is 7. The van der Waals surface area contributed by atoms with Gasteiger partial charge in [0.1, 0.15) is 4.90 Å². The zero-order valence-electron chi connectivity index (χ0n) is 17.4. The Bertz CT molecular complexity index is 1630. The molecular formula is C18H18N8O6S2. The number of nitrogens with zero attached hydrogens (tertiary/aromatic N) is 4. The average Bonchev–Trinajstić information content (AvgIpc) is 3.40. The lowest BCUT2D eigenvalue weighted by atomic mass is 9.98. The fourth-order valence-corrected chi connectivity index (χ4v) is 6.69. The minimum Gasteiger partial charge on any atom is -0.475 e. The second kappa shape index (κ2) is 8.24. The average molecular weight is 507 g/mol. The first-order valence-corrected chi connectivity index (χ1v) is 12.7. The molecule has 4 rings (SSSR count). The molecule has 0 aliphatic carbocycles. The van der Waals surface area contributed by atoms with Gasteiger partial charge in [-0.05, 0) is 29.8 Å². The minimum absolute atomic E-state index is 0.138. The number of H-pyrrole nitrogens is 2. The lowest BCUT2D eigenvalue weighted by Gasteiger charge is -2.17. The van der Waals surface area contributed by atoms with E-state index in [1.807, 2.05) is 0 Å². The summed E-state index contributed by atoms with van der Waals surface area (Å²) in [5.41, 5.74) is 6.37. The van der Waals surface area contributed by atoms with Crippen LogP contribution in [0.5, 0.6) is 0 Å². The molecule has 0 bridgehead atoms. The maximum absolute atomic E-state index is 13.0. The second-order valence-corrected chi connectivity index (χ2v) is 10.9. The number of aromatic carboxylic acids is 1. The van der Waals surface area contributed by atoms with Gasteiger partial charge in [-0.3, -0.25) is 0 Å². The molecule has 0 fully saturated rings. The number of nitrogens with two attached hydrogens (primary N) is 2. The Balaban J connectivity index is 2.15. The Kier molecular flexibility index (Phi) is 5.68. The first-order chi connectivity index (χ1) is 15.9. The van der Waals surface area contributed by atoms with E-state index >= 15 is 0 Å². The van der Waals surface area contributed by atoms with Crippen LogP contribution in [0, 0.1) is 0 Å². The van der Waals surface area contributed by atoms with Gasteiger partial charge in [-0.25, -0.2) is 31.8 Å². The fraction of sp³-hybridized carbons (Fsp3) is 0.167. The van der Waals surface area contributed by atoms with Crippen molar-refractivity contribution < 1.29 is 26.7 Å². The number of sulfone groups is 1. The van der Waals surface area contributed by atoms with Crippen molar-refractivity contribution in [3.63, 3.8) is 0 Å². The third-order valence-corrected chi connectivity index (χ3v) is 7.90. The van der Waals surface area contributed by atoms with Gasteiger partial charge in [0.25, 0.3) is 0 Å². The molecule has 0 radical (unpaired) electrons. The molecule has 178 valence electrons. The smallest absolute Gasteiger partial charge is 0.371 e. The number of sulfonamides is 1. The summed E-state index contributed by atoms with van der Waals surface area (Å²) in [6.45, 7) is 1.46. The highest BCUT2D eigenvalue weighted by Crippen LogP contribution is 2.40. The summed E-state index contributed by atoms with van der Waals surface area (Å²) in [4.78, 5) is 16.8. The van der Waals surface area contributed by atoms with Crippen LogP contribution in [0.1, 0.15) is 17.5 Å². The molecular weight excluding hydrogens is 488 g/mol. The quantitative estimate of drug-likeness (QED) is 0.221. The molecule has 0 saturated heterocycles. The number of hydrogen-bond acceptors (Lipinski definition) is 10. The number of tetrazole rings is 1. The number of benzene rings is 2. The van der Waals surface area contributed by atoms with E-state index in [4.69, 9.17) is 10.9 Å². The summed E-state index contributed by atoms with van der Waals surface area (Å²) in [5, 5.41) is 28.1. The van der Waals surface area contributed by atoms with Crippen LogP contribution < -0.4 is 10.9 Å². The fourth-order valence-electron chi connectivity index (χ4n) is 3.59. The van der Waals surface area contributed by atoms with Crippen molar-refractivity contribution in [1.82, 2.24) is 30.6 Å². The van der Waals surface area contributed by atoms with E-state index in [1.165, 1.54) is 13.0 Å². The third-order valence-electron chi connectivity index (χ3n) is 4.80. The van der Waals surface area contributed by atoms with Gasteiger partial charge >= 0.3 is 5.97 Å². The number of hydrogen-bond donors (Lipinski definition) is 5. The van der Waals surface area contributed by atoms with Gasteiger partial charge in [0, 0.05) is 11.6 Å². The number of carboxylic acid groups (broad SMARTS) is 1. The number of imidazole rings is 1. The van der Waals surface area contributed by atoms with Gasteiger partial charge in [0.2, 0.25) is 21.7 Å². The predicted molar refractivity (Wildman–Crippen MR) is 119 cm³/mol. The minimum atomic E-state index is -4.67. The molecule has 1 atom stereocenters. The normalized spacial score (nSPS) is 13.3. The topological polar surface area (TPSA) is 241 Å². The molecule has 0 aliphatic heterocycles. The van der Waals surface area contributed by atoms with Crippen molar-refractivity contribution in [1.29, 1.82) is 0 Å². The van der Waals surface area contributed by atoms with Gasteiger partial charge in [-0.15, -0.1) is 10.2 Å². The highest BCUT2D eigenvalue weighted by molar-refractivity contribution is 7.93. The zero-order valence-corrected chi connectivity index (χ0v) is 19.1. The van der Waals surface area contributed by atoms with Gasteiger partial charge in [0.05, 0.1) is 27.2 Å². The van der Waals surface area contributed by atoms with Crippen molar-refractivity contribution in [3.05, 3.63) is 36.2 Å². The first-order valence-electron chi connectivity index (χ1n) is 9.54. The van der Waals surface area contributed by atoms with Crippen LogP contribution in [0.2, 0.25) is 0 Å². The summed E-state index contributed by atoms with van der Waals surface area (Å²) < 4.78 is 51.5. The van der Waals surface area contributed by atoms with Crippen molar-refractivity contribution in [2.45, 2.75) is 22.8 Å². The highest BCUT2D eigenvalue weighted by atomic mass is 32.2. The van der Waals surface area contributed by atoms with E-state index in [2.05, 4.69) is 30.6 Å². The standard InChI is InChI=1S/C18H18N8O6S2/c1-8(19)7-33(29,30)12-6-5-9(13(15(12)34(20,31)32)16-23-25-26-24-16)10-3-2-4-11-14(10)22-17(21-11)18(27)28/h2-6,8H,7,19H2,1H3,(H,21,22)(H,27,28)(H2,20,31,32)(H,23,24,25,26). The second-order valence-electron chi connectivity index (χ2n) is 7.45. The molecule has 4 aromatic rings. The van der Waals surface area contributed by atoms with Gasteiger partial charge in [-0.1, -0.05) is 18.2 Å². The molecule has 0 aliphatic rings. The maximum atomic E-state index is 13.0. The maximum Gasteiger partial charge on any atom is 0.371 e. The molecule has 0 saturated carbocycles. The molecule has 0 spiro atoms. The van der Waals surface area contributed by atoms with Crippen LogP contribution in [0.3, 0.4) is 0 Å². The van der Waals surface area contributed by atoms with Crippen LogP contribution in [-0.4, -0.2) is 70.3 Å². The van der Waals surface area contributed by atoms with Crippen molar-refractivity contribution >= 4 is 36.9 Å². The monoisotopic (exact) mass is 506 g/mol. The number of carbonyl (C=O) groups is 1. The first kappa shape index (κ1) is 23.4. The van der Waals surface area contributed by atoms with Crippen molar-refractivity contribution in [2.75, 3.05) is 5.75 Å². The third kappa shape index (κ3) is 4.14. The van der Waals surface area contributed by atoms with E-state index in [1.54, 1.807) is 18.2 Å². The number of carboxylic acids is 1. The Morgan fingerprint density at radius 1 is 1.15 bits per heavy atom. The SMILES string of the molecule is CC(N)CS(=O)(=O)c1ccc(-c2cccc3[nH]c(C(=O)O)nc23)c(-c2nn[nH]n2)c1S(N)(=O)=O. The van der Waals surface area contributed by atoms with Crippen LogP contribution in [0.15, 0.2) is 40.1 Å². The van der Waals surface area contributed by atoms with Crippen LogP contribution in [0.25, 0.3) is 33.5 Å². The lowest BCUT2D eigenvalue weighted by Crippen LogP contribution is -2.28. The number of nitrogens with one attached hydrogen (secondary N) is 2. The molecule has 7 N–H and O–H groups in total. The number of primary sulfonamides is 1. The van der Waals surface area contributed by atoms with Gasteiger partial charge < -0.3 is 15.8 Å². The Hall–Kier alpha value is -3.73. The largest absolute Gasteiger partial charge is 0.475 e. The molecule has 2 aromatic heterocycles. The molecule has 1 unspecified atom stereocenters. The van der Waals surface area contributed by atoms with Gasteiger partial charge in [0.15, 0.2) is 9.84 Å². The summed E-state index contributed by atoms with van der Waals surface area (Å²) in [7, 11) is -8.87. The summed E-state index contributed by atoms with van der Waals surface area (Å²) >= 11 is 0. The molecule has 16 heteroatoms. The summed E-state index contributed by atoms with van der Waals surface area (Å²) in [6, 6.07) is 6.36. The number of para-hydroxylation sites is 1. The predicted octanol–water partition coefficient (Wildman–Crippen LogP) is -0.123. The van der Waals surface area contributed by atoms with E-state index < -0.39 is 47.4 Å². The number of aromatic nitrogens is 6. The van der Waals surface area contributed by atoms with Crippen molar-refractivity contribution in [3.8, 4) is 22.5 Å².